The van der Waals surface area contributed by atoms with Crippen molar-refractivity contribution in [2.24, 2.45) is 11.8 Å². The highest BCUT2D eigenvalue weighted by Crippen LogP contribution is 2.30. The van der Waals surface area contributed by atoms with E-state index in [-0.39, 0.29) is 11.5 Å². The van der Waals surface area contributed by atoms with E-state index in [4.69, 9.17) is 4.74 Å². The van der Waals surface area contributed by atoms with Crippen LogP contribution in [0.1, 0.15) is 32.1 Å². The molecule has 0 N–H and O–H groups in total. The van der Waals surface area contributed by atoms with Gasteiger partial charge >= 0.3 is 0 Å². The number of carbonyl (C=O) groups is 1. The molecule has 2 fully saturated rings. The molecule has 2 heterocycles. The molecule has 28 heavy (non-hydrogen) atoms. The third-order valence-electron chi connectivity index (χ3n) is 6.06. The summed E-state index contributed by atoms with van der Waals surface area (Å²) < 4.78 is 6.77. The minimum atomic E-state index is -0.0785. The molecule has 0 bridgehead atoms. The van der Waals surface area contributed by atoms with Gasteiger partial charge in [-0.25, -0.2) is 4.68 Å². The van der Waals surface area contributed by atoms with Crippen LogP contribution in [-0.4, -0.2) is 40.8 Å². The van der Waals surface area contributed by atoms with Crippen LogP contribution in [0.4, 0.5) is 0 Å². The van der Waals surface area contributed by atoms with Gasteiger partial charge in [0.05, 0.1) is 12.8 Å². The third-order valence-corrected chi connectivity index (χ3v) is 6.06. The molecular weight excluding hydrogens is 354 g/mol. The molecule has 0 atom stereocenters. The van der Waals surface area contributed by atoms with Crippen LogP contribution in [0.5, 0.6) is 5.75 Å². The Balaban J connectivity index is 1.40. The van der Waals surface area contributed by atoms with Gasteiger partial charge in [-0.05, 0) is 61.9 Å². The van der Waals surface area contributed by atoms with E-state index in [0.717, 1.165) is 55.8 Å². The molecule has 2 aromatic rings. The lowest BCUT2D eigenvalue weighted by Crippen LogP contribution is -2.44. The largest absolute Gasteiger partial charge is 0.497 e. The number of likely N-dealkylation sites (tertiary alicyclic amines) is 1. The van der Waals surface area contributed by atoms with Gasteiger partial charge in [-0.3, -0.25) is 9.59 Å². The molecule has 6 nitrogen and oxygen atoms in total. The Morgan fingerprint density at radius 1 is 1.07 bits per heavy atom. The van der Waals surface area contributed by atoms with Gasteiger partial charge in [0.15, 0.2) is 0 Å². The zero-order valence-corrected chi connectivity index (χ0v) is 16.3. The van der Waals surface area contributed by atoms with Crippen molar-refractivity contribution in [1.29, 1.82) is 0 Å². The second-order valence-corrected chi connectivity index (χ2v) is 7.86. The maximum Gasteiger partial charge on any atom is 0.266 e. The first kappa shape index (κ1) is 18.7. The van der Waals surface area contributed by atoms with Crippen LogP contribution in [0.3, 0.4) is 0 Å². The lowest BCUT2D eigenvalue weighted by Gasteiger charge is -2.36. The first-order valence-corrected chi connectivity index (χ1v) is 10.2. The van der Waals surface area contributed by atoms with E-state index in [1.54, 1.807) is 23.9 Å². The van der Waals surface area contributed by atoms with E-state index in [1.165, 1.54) is 6.42 Å². The second kappa shape index (κ2) is 8.17. The number of nitrogens with zero attached hydrogens (tertiary/aromatic N) is 3. The summed E-state index contributed by atoms with van der Waals surface area (Å²) in [6.45, 7) is 2.20. The van der Waals surface area contributed by atoms with Crippen molar-refractivity contribution in [2.75, 3.05) is 20.2 Å². The molecule has 1 aliphatic carbocycles. The average molecular weight is 381 g/mol. The topological polar surface area (TPSA) is 64.4 Å². The molecule has 1 saturated heterocycles. The van der Waals surface area contributed by atoms with Crippen LogP contribution in [0.15, 0.2) is 41.2 Å². The van der Waals surface area contributed by atoms with Gasteiger partial charge in [-0.15, -0.1) is 0 Å². The molecular formula is C22H27N3O3. The fourth-order valence-corrected chi connectivity index (χ4v) is 3.99. The lowest BCUT2D eigenvalue weighted by atomic mass is 9.83. The molecule has 1 aromatic carbocycles. The van der Waals surface area contributed by atoms with Gasteiger partial charge < -0.3 is 9.64 Å². The van der Waals surface area contributed by atoms with Crippen molar-refractivity contribution in [1.82, 2.24) is 14.7 Å². The predicted octanol–water partition coefficient (Wildman–Crippen LogP) is 2.96. The molecule has 1 aromatic heterocycles. The minimum absolute atomic E-state index is 0.0785. The van der Waals surface area contributed by atoms with Gasteiger partial charge in [-0.1, -0.05) is 6.42 Å². The second-order valence-electron chi connectivity index (χ2n) is 7.86. The molecule has 148 valence electrons. The third kappa shape index (κ3) is 3.96. The zero-order valence-electron chi connectivity index (χ0n) is 16.3. The number of rotatable bonds is 5. The molecule has 1 amide bonds. The Hall–Kier alpha value is -2.63. The van der Waals surface area contributed by atoms with E-state index in [9.17, 15) is 9.59 Å². The number of hydrogen-bond donors (Lipinski definition) is 0. The predicted molar refractivity (Wildman–Crippen MR) is 107 cm³/mol. The first-order chi connectivity index (χ1) is 13.6. The number of benzene rings is 1. The van der Waals surface area contributed by atoms with Crippen LogP contribution < -0.4 is 10.3 Å². The summed E-state index contributed by atoms with van der Waals surface area (Å²) in [5, 5.41) is 4.58. The SMILES string of the molecule is COc1ccc(-c2ccc(=O)n(CC3CCN(C(=O)C4CCC4)CC3)n2)cc1. The standard InChI is InChI=1S/C22H27N3O3/c1-28-19-7-5-17(6-8-19)20-9-10-21(26)25(23-20)15-16-11-13-24(14-12-16)22(27)18-3-2-4-18/h5-10,16,18H,2-4,11-15H2,1H3. The van der Waals surface area contributed by atoms with E-state index in [1.807, 2.05) is 29.2 Å². The van der Waals surface area contributed by atoms with E-state index in [0.29, 0.717) is 18.4 Å². The number of ether oxygens (including phenoxy) is 1. The molecule has 1 saturated carbocycles. The van der Waals surface area contributed by atoms with Crippen LogP contribution in [0, 0.1) is 11.8 Å². The van der Waals surface area contributed by atoms with E-state index >= 15 is 0 Å². The number of aromatic nitrogens is 2. The smallest absolute Gasteiger partial charge is 0.266 e. The Morgan fingerprint density at radius 2 is 1.79 bits per heavy atom. The van der Waals surface area contributed by atoms with Crippen molar-refractivity contribution in [3.05, 3.63) is 46.8 Å². The van der Waals surface area contributed by atoms with Crippen molar-refractivity contribution < 1.29 is 9.53 Å². The molecule has 4 rings (SSSR count). The number of hydrogen-bond acceptors (Lipinski definition) is 4. The fourth-order valence-electron chi connectivity index (χ4n) is 3.99. The average Bonchev–Trinajstić information content (AvgIpc) is 2.69. The quantitative estimate of drug-likeness (QED) is 0.799. The highest BCUT2D eigenvalue weighted by Gasteiger charge is 2.31. The van der Waals surface area contributed by atoms with E-state index < -0.39 is 0 Å². The number of piperidine rings is 1. The maximum absolute atomic E-state index is 12.4. The normalized spacial score (nSPS) is 18.0. The summed E-state index contributed by atoms with van der Waals surface area (Å²) in [5.41, 5.74) is 1.65. The van der Waals surface area contributed by atoms with E-state index in [2.05, 4.69) is 5.10 Å². The fraction of sp³-hybridized carbons (Fsp3) is 0.500. The Morgan fingerprint density at radius 3 is 2.39 bits per heavy atom. The molecule has 0 unspecified atom stereocenters. The number of amides is 1. The number of methoxy groups -OCH3 is 1. The summed E-state index contributed by atoms with van der Waals surface area (Å²) in [5.74, 6) is 1.77. The van der Waals surface area contributed by atoms with Gasteiger partial charge in [0, 0.05) is 37.2 Å². The molecule has 0 radical (unpaired) electrons. The summed E-state index contributed by atoms with van der Waals surface area (Å²) in [7, 11) is 1.64. The monoisotopic (exact) mass is 381 g/mol. The summed E-state index contributed by atoms with van der Waals surface area (Å²) in [6, 6.07) is 11.0. The van der Waals surface area contributed by atoms with Gasteiger partial charge in [0.25, 0.3) is 5.56 Å². The van der Waals surface area contributed by atoms with Gasteiger partial charge in [-0.2, -0.15) is 5.10 Å². The highest BCUT2D eigenvalue weighted by molar-refractivity contribution is 5.79. The Bertz CT molecular complexity index is 879. The van der Waals surface area contributed by atoms with Crippen LogP contribution in [0.25, 0.3) is 11.3 Å². The molecule has 0 spiro atoms. The summed E-state index contributed by atoms with van der Waals surface area (Å²) >= 11 is 0. The molecule has 6 heteroatoms. The van der Waals surface area contributed by atoms with Crippen molar-refractivity contribution in [3.8, 4) is 17.0 Å². The maximum atomic E-state index is 12.4. The number of carbonyl (C=O) groups excluding carboxylic acids is 1. The van der Waals surface area contributed by atoms with Crippen LogP contribution in [0.2, 0.25) is 0 Å². The lowest BCUT2D eigenvalue weighted by molar-refractivity contribution is -0.139. The van der Waals surface area contributed by atoms with Crippen molar-refractivity contribution in [2.45, 2.75) is 38.6 Å². The van der Waals surface area contributed by atoms with Crippen molar-refractivity contribution >= 4 is 5.91 Å². The Kier molecular flexibility index (Phi) is 5.46. The highest BCUT2D eigenvalue weighted by atomic mass is 16.5. The molecule has 1 aliphatic heterocycles. The Labute approximate surface area is 165 Å². The summed E-state index contributed by atoms with van der Waals surface area (Å²) in [4.78, 5) is 26.7. The molecule has 2 aliphatic rings. The van der Waals surface area contributed by atoms with Crippen LogP contribution in [-0.2, 0) is 11.3 Å². The zero-order chi connectivity index (χ0) is 19.5. The van der Waals surface area contributed by atoms with Crippen LogP contribution >= 0.6 is 0 Å². The first-order valence-electron chi connectivity index (χ1n) is 10.2. The van der Waals surface area contributed by atoms with Gasteiger partial charge in [0.1, 0.15) is 5.75 Å². The van der Waals surface area contributed by atoms with Gasteiger partial charge in [0.2, 0.25) is 5.91 Å². The minimum Gasteiger partial charge on any atom is -0.497 e. The summed E-state index contributed by atoms with van der Waals surface area (Å²) in [6.07, 6.45) is 5.15. The van der Waals surface area contributed by atoms with Crippen molar-refractivity contribution in [3.63, 3.8) is 0 Å².